The van der Waals surface area contributed by atoms with Crippen LogP contribution in [0.1, 0.15) is 38.5 Å². The van der Waals surface area contributed by atoms with Gasteiger partial charge < -0.3 is 10.4 Å². The number of anilines is 1. The van der Waals surface area contributed by atoms with Gasteiger partial charge in [-0.05, 0) is 25.0 Å². The first kappa shape index (κ1) is 15.4. The average Bonchev–Trinajstić information content (AvgIpc) is 2.74. The summed E-state index contributed by atoms with van der Waals surface area (Å²) in [7, 11) is 1.65. The predicted molar refractivity (Wildman–Crippen MR) is 81.4 cm³/mol. The molecule has 21 heavy (non-hydrogen) atoms. The van der Waals surface area contributed by atoms with Crippen molar-refractivity contribution in [2.75, 3.05) is 11.9 Å². The number of benzene rings is 1. The molecule has 0 aliphatic heterocycles. The fourth-order valence-corrected chi connectivity index (χ4v) is 2.78. The molecule has 114 valence electrons. The highest BCUT2D eigenvalue weighted by molar-refractivity contribution is 5.95. The Kier molecular flexibility index (Phi) is 4.83. The van der Waals surface area contributed by atoms with Crippen molar-refractivity contribution in [1.82, 2.24) is 5.32 Å². The van der Waals surface area contributed by atoms with Crippen molar-refractivity contribution in [3.05, 3.63) is 30.3 Å². The number of hydrogen-bond donors (Lipinski definition) is 2. The minimum Gasteiger partial charge on any atom is -0.480 e. The van der Waals surface area contributed by atoms with Crippen LogP contribution in [0.15, 0.2) is 30.3 Å². The van der Waals surface area contributed by atoms with E-state index in [1.165, 1.54) is 4.90 Å². The number of nitrogens with one attached hydrogen (secondary N) is 1. The maximum atomic E-state index is 12.4. The second kappa shape index (κ2) is 6.61. The standard InChI is InChI=1S/C16H22N2O3/c1-18(13-9-5-4-6-10-13)15(21)17-16(14(19)20)11-7-2-3-8-12-16/h4-6,9-10H,2-3,7-8,11-12H2,1H3,(H,17,21)(H,19,20). The van der Waals surface area contributed by atoms with Crippen molar-refractivity contribution in [3.8, 4) is 0 Å². The summed E-state index contributed by atoms with van der Waals surface area (Å²) in [6.45, 7) is 0. The van der Waals surface area contributed by atoms with Gasteiger partial charge in [0.15, 0.2) is 0 Å². The second-order valence-corrected chi connectivity index (χ2v) is 5.63. The first-order valence-corrected chi connectivity index (χ1v) is 7.39. The van der Waals surface area contributed by atoms with E-state index in [9.17, 15) is 14.7 Å². The van der Waals surface area contributed by atoms with Crippen LogP contribution in [0.4, 0.5) is 10.5 Å². The molecule has 0 unspecified atom stereocenters. The van der Waals surface area contributed by atoms with Crippen molar-refractivity contribution < 1.29 is 14.7 Å². The molecule has 2 amide bonds. The highest BCUT2D eigenvalue weighted by Gasteiger charge is 2.40. The van der Waals surface area contributed by atoms with Crippen molar-refractivity contribution in [1.29, 1.82) is 0 Å². The van der Waals surface area contributed by atoms with Gasteiger partial charge in [-0.25, -0.2) is 9.59 Å². The number of amides is 2. The summed E-state index contributed by atoms with van der Waals surface area (Å²) < 4.78 is 0. The van der Waals surface area contributed by atoms with Crippen LogP contribution >= 0.6 is 0 Å². The molecule has 5 nitrogen and oxygen atoms in total. The lowest BCUT2D eigenvalue weighted by atomic mass is 9.90. The van der Waals surface area contributed by atoms with E-state index in [1.807, 2.05) is 30.3 Å². The molecule has 0 bridgehead atoms. The number of carbonyl (C=O) groups is 2. The maximum Gasteiger partial charge on any atom is 0.329 e. The lowest BCUT2D eigenvalue weighted by Crippen LogP contribution is -2.57. The third-order valence-electron chi connectivity index (χ3n) is 4.16. The van der Waals surface area contributed by atoms with E-state index in [-0.39, 0.29) is 6.03 Å². The lowest BCUT2D eigenvalue weighted by Gasteiger charge is -2.31. The number of carbonyl (C=O) groups excluding carboxylic acids is 1. The Morgan fingerprint density at radius 1 is 1.10 bits per heavy atom. The average molecular weight is 290 g/mol. The van der Waals surface area contributed by atoms with Gasteiger partial charge in [-0.2, -0.15) is 0 Å². The van der Waals surface area contributed by atoms with E-state index in [2.05, 4.69) is 5.32 Å². The highest BCUT2D eigenvalue weighted by atomic mass is 16.4. The summed E-state index contributed by atoms with van der Waals surface area (Å²) >= 11 is 0. The molecule has 2 N–H and O–H groups in total. The van der Waals surface area contributed by atoms with Crippen molar-refractivity contribution in [2.45, 2.75) is 44.1 Å². The van der Waals surface area contributed by atoms with Crippen molar-refractivity contribution in [3.63, 3.8) is 0 Å². The van der Waals surface area contributed by atoms with E-state index in [0.29, 0.717) is 12.8 Å². The summed E-state index contributed by atoms with van der Waals surface area (Å²) in [5, 5.41) is 12.3. The lowest BCUT2D eigenvalue weighted by molar-refractivity contribution is -0.145. The zero-order valence-electron chi connectivity index (χ0n) is 12.3. The Balaban J connectivity index is 2.13. The second-order valence-electron chi connectivity index (χ2n) is 5.63. The minimum atomic E-state index is -1.13. The summed E-state index contributed by atoms with van der Waals surface area (Å²) in [5.41, 5.74) is -0.388. The maximum absolute atomic E-state index is 12.4. The van der Waals surface area contributed by atoms with Crippen LogP contribution in [0, 0.1) is 0 Å². The molecule has 1 aromatic carbocycles. The molecule has 5 heteroatoms. The van der Waals surface area contributed by atoms with Crippen LogP contribution in [-0.2, 0) is 4.79 Å². The van der Waals surface area contributed by atoms with E-state index in [4.69, 9.17) is 0 Å². The molecule has 0 radical (unpaired) electrons. The largest absolute Gasteiger partial charge is 0.480 e. The molecule has 1 saturated carbocycles. The van der Waals surface area contributed by atoms with Crippen LogP contribution in [0.25, 0.3) is 0 Å². The van der Waals surface area contributed by atoms with Gasteiger partial charge in [-0.3, -0.25) is 4.90 Å². The summed E-state index contributed by atoms with van der Waals surface area (Å²) in [4.78, 5) is 25.5. The number of carboxylic acids is 1. The van der Waals surface area contributed by atoms with E-state index in [0.717, 1.165) is 31.4 Å². The molecule has 0 atom stereocenters. The van der Waals surface area contributed by atoms with Crippen LogP contribution < -0.4 is 10.2 Å². The molecule has 1 aliphatic rings. The van der Waals surface area contributed by atoms with Crippen molar-refractivity contribution >= 4 is 17.7 Å². The fourth-order valence-electron chi connectivity index (χ4n) is 2.78. The van der Waals surface area contributed by atoms with E-state index >= 15 is 0 Å². The van der Waals surface area contributed by atoms with Crippen LogP contribution in [-0.4, -0.2) is 29.7 Å². The number of aliphatic carboxylic acids is 1. The monoisotopic (exact) mass is 290 g/mol. The molecule has 1 aromatic rings. The van der Waals surface area contributed by atoms with Gasteiger partial charge in [0.25, 0.3) is 0 Å². The molecule has 0 heterocycles. The number of carboxylic acid groups (broad SMARTS) is 1. The van der Waals surface area contributed by atoms with Gasteiger partial charge in [0.2, 0.25) is 0 Å². The molecule has 1 fully saturated rings. The van der Waals surface area contributed by atoms with E-state index < -0.39 is 11.5 Å². The topological polar surface area (TPSA) is 69.6 Å². The zero-order valence-corrected chi connectivity index (χ0v) is 12.3. The Morgan fingerprint density at radius 2 is 1.67 bits per heavy atom. The molecule has 0 aromatic heterocycles. The number of rotatable bonds is 3. The third kappa shape index (κ3) is 3.54. The first-order valence-electron chi connectivity index (χ1n) is 7.39. The molecular weight excluding hydrogens is 268 g/mol. The molecule has 0 saturated heterocycles. The van der Waals surface area contributed by atoms with Gasteiger partial charge in [0, 0.05) is 12.7 Å². The highest BCUT2D eigenvalue weighted by Crippen LogP contribution is 2.28. The van der Waals surface area contributed by atoms with Gasteiger partial charge in [0.05, 0.1) is 0 Å². The normalized spacial score (nSPS) is 17.6. The SMILES string of the molecule is CN(C(=O)NC1(C(=O)O)CCCCCC1)c1ccccc1. The number of para-hydroxylation sites is 1. The van der Waals surface area contributed by atoms with Crippen molar-refractivity contribution in [2.24, 2.45) is 0 Å². The van der Waals surface area contributed by atoms with E-state index in [1.54, 1.807) is 7.05 Å². The minimum absolute atomic E-state index is 0.370. The molecule has 2 rings (SSSR count). The van der Waals surface area contributed by atoms with Gasteiger partial charge in [0.1, 0.15) is 5.54 Å². The van der Waals surface area contributed by atoms with Gasteiger partial charge in [-0.15, -0.1) is 0 Å². The Bertz CT molecular complexity index is 494. The number of hydrogen-bond acceptors (Lipinski definition) is 2. The summed E-state index contributed by atoms with van der Waals surface area (Å²) in [6.07, 6.45) is 4.72. The molecular formula is C16H22N2O3. The van der Waals surface area contributed by atoms with Gasteiger partial charge >= 0.3 is 12.0 Å². The Labute approximate surface area is 125 Å². The zero-order chi connectivity index (χ0) is 15.3. The van der Waals surface area contributed by atoms with Crippen LogP contribution in [0.2, 0.25) is 0 Å². The predicted octanol–water partition coefficient (Wildman–Crippen LogP) is 3.01. The quantitative estimate of drug-likeness (QED) is 0.841. The summed E-state index contributed by atoms with van der Waals surface area (Å²) in [5.74, 6) is -0.931. The smallest absolute Gasteiger partial charge is 0.329 e. The molecule has 1 aliphatic carbocycles. The van der Waals surface area contributed by atoms with Gasteiger partial charge in [-0.1, -0.05) is 43.9 Å². The third-order valence-corrected chi connectivity index (χ3v) is 4.16. The summed E-state index contributed by atoms with van der Waals surface area (Å²) in [6, 6.07) is 8.83. The molecule has 0 spiro atoms. The Hall–Kier alpha value is -2.04. The number of urea groups is 1. The van der Waals surface area contributed by atoms with Crippen LogP contribution in [0.5, 0.6) is 0 Å². The van der Waals surface area contributed by atoms with Crippen LogP contribution in [0.3, 0.4) is 0 Å². The Morgan fingerprint density at radius 3 is 2.19 bits per heavy atom. The first-order chi connectivity index (χ1) is 10.1. The fraction of sp³-hybridized carbons (Fsp3) is 0.500. The number of nitrogens with zero attached hydrogens (tertiary/aromatic N) is 1.